The van der Waals surface area contributed by atoms with Gasteiger partial charge in [0.25, 0.3) is 0 Å². The average molecular weight is 332 g/mol. The first-order valence-corrected chi connectivity index (χ1v) is 9.41. The van der Waals surface area contributed by atoms with E-state index in [4.69, 9.17) is 4.42 Å². The number of sulfone groups is 1. The molecule has 1 aliphatic rings. The number of benzene rings is 1. The van der Waals surface area contributed by atoms with Crippen molar-refractivity contribution in [2.45, 2.75) is 17.4 Å². The highest BCUT2D eigenvalue weighted by Gasteiger charge is 2.31. The topological polar surface area (TPSA) is 126 Å². The van der Waals surface area contributed by atoms with Crippen molar-refractivity contribution >= 4 is 31.0 Å². The average Bonchev–Trinajstić information content (AvgIpc) is 2.89. The van der Waals surface area contributed by atoms with Crippen LogP contribution in [0.3, 0.4) is 0 Å². The lowest BCUT2D eigenvalue weighted by atomic mass is 10.3. The van der Waals surface area contributed by atoms with Gasteiger partial charge in [0.2, 0.25) is 10.0 Å². The van der Waals surface area contributed by atoms with E-state index in [0.717, 1.165) is 0 Å². The van der Waals surface area contributed by atoms with E-state index >= 15 is 0 Å². The minimum absolute atomic E-state index is 0.0219. The second-order valence-corrected chi connectivity index (χ2v) is 8.84. The Labute approximate surface area is 120 Å². The first-order chi connectivity index (χ1) is 9.75. The summed E-state index contributed by atoms with van der Waals surface area (Å²) in [6.07, 6.45) is 0.253. The number of hydrogen-bond donors (Lipinski definition) is 2. The minimum atomic E-state index is -3.87. The molecule has 3 rings (SSSR count). The number of nitrogens with one attached hydrogen (secondary N) is 2. The fourth-order valence-corrected chi connectivity index (χ4v) is 5.33. The molecule has 2 N–H and O–H groups in total. The maximum Gasteiger partial charge on any atom is 0.417 e. The number of H-pyrrole nitrogens is 1. The Morgan fingerprint density at radius 2 is 2.10 bits per heavy atom. The normalized spacial score (nSPS) is 21.8. The molecular formula is C11H12N2O6S2. The van der Waals surface area contributed by atoms with Crippen LogP contribution in [0.4, 0.5) is 0 Å². The van der Waals surface area contributed by atoms with Gasteiger partial charge in [-0.3, -0.25) is 4.98 Å². The summed E-state index contributed by atoms with van der Waals surface area (Å²) < 4.78 is 54.3. The summed E-state index contributed by atoms with van der Waals surface area (Å²) >= 11 is 0. The molecule has 2 aromatic rings. The van der Waals surface area contributed by atoms with Crippen molar-refractivity contribution in [2.75, 3.05) is 11.5 Å². The predicted octanol–water partition coefficient (Wildman–Crippen LogP) is -0.413. The molecule has 1 aromatic carbocycles. The Morgan fingerprint density at radius 3 is 2.76 bits per heavy atom. The van der Waals surface area contributed by atoms with E-state index in [1.165, 1.54) is 18.2 Å². The summed E-state index contributed by atoms with van der Waals surface area (Å²) in [6.45, 7) is 0. The maximum atomic E-state index is 12.2. The Balaban J connectivity index is 1.91. The fourth-order valence-electron chi connectivity index (χ4n) is 2.27. The van der Waals surface area contributed by atoms with Gasteiger partial charge in [-0.05, 0) is 18.6 Å². The molecule has 1 aromatic heterocycles. The van der Waals surface area contributed by atoms with Crippen LogP contribution < -0.4 is 10.5 Å². The number of aromatic nitrogens is 1. The first kappa shape index (κ1) is 14.3. The Kier molecular flexibility index (Phi) is 3.19. The van der Waals surface area contributed by atoms with Crippen LogP contribution in [0.5, 0.6) is 0 Å². The fraction of sp³-hybridized carbons (Fsp3) is 0.364. The second-order valence-electron chi connectivity index (χ2n) is 4.89. The highest BCUT2D eigenvalue weighted by Crippen LogP contribution is 2.19. The standard InChI is InChI=1S/C11H12N2O6S2/c14-11-12-9-2-1-8(5-10(9)19-11)21(17,18)13-7-3-4-20(15,16)6-7/h1-2,5,7,13H,3-4,6H2,(H,12,14). The SMILES string of the molecule is O=c1[nH]c2ccc(S(=O)(=O)NC3CCS(=O)(=O)C3)cc2o1. The molecule has 2 heterocycles. The number of rotatable bonds is 3. The molecule has 0 radical (unpaired) electrons. The molecule has 1 saturated heterocycles. The van der Waals surface area contributed by atoms with Crippen LogP contribution in [0.15, 0.2) is 32.3 Å². The number of aromatic amines is 1. The highest BCUT2D eigenvalue weighted by molar-refractivity contribution is 7.92. The van der Waals surface area contributed by atoms with Crippen molar-refractivity contribution in [3.8, 4) is 0 Å². The van der Waals surface area contributed by atoms with E-state index < -0.39 is 31.7 Å². The van der Waals surface area contributed by atoms with Gasteiger partial charge in [0.15, 0.2) is 15.4 Å². The zero-order valence-corrected chi connectivity index (χ0v) is 12.3. The largest absolute Gasteiger partial charge is 0.417 e. The molecule has 114 valence electrons. The van der Waals surface area contributed by atoms with Crippen LogP contribution in [0.2, 0.25) is 0 Å². The van der Waals surface area contributed by atoms with E-state index in [2.05, 4.69) is 9.71 Å². The third kappa shape index (κ3) is 2.87. The summed E-state index contributed by atoms with van der Waals surface area (Å²) in [5.74, 6) is -0.894. The van der Waals surface area contributed by atoms with Crippen LogP contribution in [0.1, 0.15) is 6.42 Å². The molecule has 0 bridgehead atoms. The summed E-state index contributed by atoms with van der Waals surface area (Å²) in [6, 6.07) is 3.33. The van der Waals surface area contributed by atoms with Crippen molar-refractivity contribution in [1.29, 1.82) is 0 Å². The van der Waals surface area contributed by atoms with Crippen LogP contribution in [-0.4, -0.2) is 39.4 Å². The number of sulfonamides is 1. The summed E-state index contributed by atoms with van der Waals surface area (Å²) in [5.41, 5.74) is 0.518. The van der Waals surface area contributed by atoms with Crippen molar-refractivity contribution in [3.63, 3.8) is 0 Å². The molecular weight excluding hydrogens is 320 g/mol. The van der Waals surface area contributed by atoms with Crippen molar-refractivity contribution in [2.24, 2.45) is 0 Å². The molecule has 0 spiro atoms. The number of oxazole rings is 1. The molecule has 10 heteroatoms. The Bertz CT molecular complexity index is 954. The van der Waals surface area contributed by atoms with E-state index in [-0.39, 0.29) is 28.4 Å². The molecule has 0 amide bonds. The van der Waals surface area contributed by atoms with Crippen LogP contribution in [-0.2, 0) is 19.9 Å². The lowest BCUT2D eigenvalue weighted by Gasteiger charge is -2.11. The number of fused-ring (bicyclic) bond motifs is 1. The zero-order chi connectivity index (χ0) is 15.3. The Morgan fingerprint density at radius 1 is 1.33 bits per heavy atom. The monoisotopic (exact) mass is 332 g/mol. The summed E-state index contributed by atoms with van der Waals surface area (Å²) in [7, 11) is -7.04. The van der Waals surface area contributed by atoms with Gasteiger partial charge in [-0.25, -0.2) is 26.4 Å². The van der Waals surface area contributed by atoms with Gasteiger partial charge < -0.3 is 4.42 Å². The van der Waals surface area contributed by atoms with Gasteiger partial charge >= 0.3 is 5.76 Å². The minimum Gasteiger partial charge on any atom is -0.408 e. The summed E-state index contributed by atoms with van der Waals surface area (Å²) in [5, 5.41) is 0. The van der Waals surface area contributed by atoms with Crippen LogP contribution >= 0.6 is 0 Å². The molecule has 1 fully saturated rings. The van der Waals surface area contributed by atoms with Crippen LogP contribution in [0.25, 0.3) is 11.1 Å². The van der Waals surface area contributed by atoms with Crippen LogP contribution in [0, 0.1) is 0 Å². The molecule has 21 heavy (non-hydrogen) atoms. The van der Waals surface area contributed by atoms with Gasteiger partial charge in [0.1, 0.15) is 0 Å². The van der Waals surface area contributed by atoms with Crippen molar-refractivity contribution < 1.29 is 21.3 Å². The van der Waals surface area contributed by atoms with Gasteiger partial charge in [-0.2, -0.15) is 0 Å². The third-order valence-electron chi connectivity index (χ3n) is 3.26. The molecule has 1 unspecified atom stereocenters. The highest BCUT2D eigenvalue weighted by atomic mass is 32.2. The Hall–Kier alpha value is -1.65. The quantitative estimate of drug-likeness (QED) is 0.786. The lowest BCUT2D eigenvalue weighted by molar-refractivity contribution is 0.551. The van der Waals surface area contributed by atoms with Gasteiger partial charge in [-0.1, -0.05) is 0 Å². The molecule has 0 aliphatic carbocycles. The smallest absolute Gasteiger partial charge is 0.408 e. The summed E-state index contributed by atoms with van der Waals surface area (Å²) in [4.78, 5) is 13.4. The van der Waals surface area contributed by atoms with Gasteiger partial charge in [0, 0.05) is 12.1 Å². The van der Waals surface area contributed by atoms with Crippen molar-refractivity contribution in [3.05, 3.63) is 28.7 Å². The molecule has 0 saturated carbocycles. The molecule has 1 atom stereocenters. The van der Waals surface area contributed by atoms with Gasteiger partial charge in [-0.15, -0.1) is 0 Å². The maximum absolute atomic E-state index is 12.2. The van der Waals surface area contributed by atoms with E-state index in [9.17, 15) is 21.6 Å². The predicted molar refractivity (Wildman–Crippen MR) is 74.2 cm³/mol. The number of hydrogen-bond acceptors (Lipinski definition) is 6. The molecule has 1 aliphatic heterocycles. The van der Waals surface area contributed by atoms with Crippen molar-refractivity contribution in [1.82, 2.24) is 9.71 Å². The third-order valence-corrected chi connectivity index (χ3v) is 6.54. The molecule has 8 nitrogen and oxygen atoms in total. The zero-order valence-electron chi connectivity index (χ0n) is 10.7. The van der Waals surface area contributed by atoms with E-state index in [1.54, 1.807) is 0 Å². The first-order valence-electron chi connectivity index (χ1n) is 6.11. The van der Waals surface area contributed by atoms with Gasteiger partial charge in [0.05, 0.1) is 21.9 Å². The van der Waals surface area contributed by atoms with E-state index in [0.29, 0.717) is 5.52 Å². The second kappa shape index (κ2) is 4.68. The van der Waals surface area contributed by atoms with E-state index in [1.807, 2.05) is 0 Å². The lowest BCUT2D eigenvalue weighted by Crippen LogP contribution is -2.35.